The van der Waals surface area contributed by atoms with Crippen LogP contribution in [0.15, 0.2) is 35.6 Å². The fourth-order valence-electron chi connectivity index (χ4n) is 4.36. The van der Waals surface area contributed by atoms with Crippen LogP contribution in [0.3, 0.4) is 0 Å². The quantitative estimate of drug-likeness (QED) is 0.494. The molecule has 1 aromatic heterocycles. The van der Waals surface area contributed by atoms with Crippen molar-refractivity contribution in [3.8, 4) is 5.88 Å². The number of ether oxygens (including phenoxy) is 2. The third-order valence-corrected chi connectivity index (χ3v) is 7.36. The number of aliphatic imine (C=N–C) groups is 1. The first-order chi connectivity index (χ1) is 16.5. The zero-order chi connectivity index (χ0) is 25.4. The van der Waals surface area contributed by atoms with Gasteiger partial charge < -0.3 is 15.2 Å². The zero-order valence-corrected chi connectivity index (χ0v) is 19.7. The van der Waals surface area contributed by atoms with E-state index in [1.54, 1.807) is 7.11 Å². The Morgan fingerprint density at radius 1 is 1.29 bits per heavy atom. The van der Waals surface area contributed by atoms with Gasteiger partial charge in [-0.1, -0.05) is 17.8 Å². The summed E-state index contributed by atoms with van der Waals surface area (Å²) in [6, 6.07) is 4.19. The third kappa shape index (κ3) is 5.43. The normalized spacial score (nSPS) is 26.2. The number of hydrogen-bond acceptors (Lipinski definition) is 7. The molecule has 4 rings (SSSR count). The molecule has 188 valence electrons. The lowest BCUT2D eigenvalue weighted by atomic mass is 9.85. The lowest BCUT2D eigenvalue weighted by Gasteiger charge is -2.34. The number of methoxy groups -OCH3 is 1. The van der Waals surface area contributed by atoms with Gasteiger partial charge in [0.05, 0.1) is 42.3 Å². The van der Waals surface area contributed by atoms with Crippen molar-refractivity contribution >= 4 is 28.8 Å². The second-order valence-corrected chi connectivity index (χ2v) is 10.1. The van der Waals surface area contributed by atoms with Gasteiger partial charge in [-0.15, -0.1) is 0 Å². The summed E-state index contributed by atoms with van der Waals surface area (Å²) in [5, 5.41) is 0.345. The van der Waals surface area contributed by atoms with Gasteiger partial charge in [0, 0.05) is 18.6 Å². The molecule has 2 N–H and O–H groups in total. The van der Waals surface area contributed by atoms with Crippen molar-refractivity contribution in [2.45, 2.75) is 36.2 Å². The first-order valence-electron chi connectivity index (χ1n) is 10.7. The average molecular weight is 515 g/mol. The fourth-order valence-corrected chi connectivity index (χ4v) is 5.81. The van der Waals surface area contributed by atoms with Crippen LogP contribution in [0.25, 0.3) is 11.9 Å². The van der Waals surface area contributed by atoms with Gasteiger partial charge in [-0.2, -0.15) is 13.2 Å². The van der Waals surface area contributed by atoms with E-state index in [9.17, 15) is 22.0 Å². The predicted octanol–water partition coefficient (Wildman–Crippen LogP) is 5.10. The van der Waals surface area contributed by atoms with Gasteiger partial charge in [-0.25, -0.2) is 18.7 Å². The number of alkyl halides is 3. The van der Waals surface area contributed by atoms with Crippen LogP contribution in [0.2, 0.25) is 0 Å². The van der Waals surface area contributed by atoms with Crippen molar-refractivity contribution in [2.24, 2.45) is 16.6 Å². The van der Waals surface area contributed by atoms with Crippen LogP contribution in [0.5, 0.6) is 5.88 Å². The van der Waals surface area contributed by atoms with Gasteiger partial charge in [0.15, 0.2) is 11.0 Å². The van der Waals surface area contributed by atoms with E-state index < -0.39 is 36.4 Å². The molecule has 0 radical (unpaired) electrons. The second kappa shape index (κ2) is 9.38. The van der Waals surface area contributed by atoms with Gasteiger partial charge in [-0.05, 0) is 37.1 Å². The molecule has 1 saturated carbocycles. The number of halogens is 5. The maximum absolute atomic E-state index is 14.9. The van der Waals surface area contributed by atoms with Crippen molar-refractivity contribution in [1.82, 2.24) is 9.97 Å². The first kappa shape index (κ1) is 25.4. The Morgan fingerprint density at radius 3 is 2.71 bits per heavy atom. The molecule has 0 bridgehead atoms. The van der Waals surface area contributed by atoms with E-state index in [2.05, 4.69) is 15.0 Å². The van der Waals surface area contributed by atoms with Gasteiger partial charge >= 0.3 is 6.18 Å². The molecule has 12 heteroatoms. The van der Waals surface area contributed by atoms with Crippen molar-refractivity contribution < 1.29 is 31.4 Å². The highest BCUT2D eigenvalue weighted by atomic mass is 32.2. The van der Waals surface area contributed by atoms with E-state index >= 15 is 0 Å². The van der Waals surface area contributed by atoms with Crippen LogP contribution in [0.4, 0.5) is 22.0 Å². The van der Waals surface area contributed by atoms with Crippen LogP contribution in [0.1, 0.15) is 36.6 Å². The third-order valence-electron chi connectivity index (χ3n) is 6.08. The highest BCUT2D eigenvalue weighted by molar-refractivity contribution is 8.15. The largest absolute Gasteiger partial charge is 0.476 e. The molecule has 6 nitrogen and oxygen atoms in total. The maximum Gasteiger partial charge on any atom is 0.392 e. The highest BCUT2D eigenvalue weighted by Gasteiger charge is 2.66. The highest BCUT2D eigenvalue weighted by Crippen LogP contribution is 2.65. The molecule has 2 aromatic rings. The minimum atomic E-state index is -4.36. The first-order valence-corrected chi connectivity index (χ1v) is 11.5. The summed E-state index contributed by atoms with van der Waals surface area (Å²) in [7, 11) is 1.60. The number of aromatic nitrogens is 2. The Kier molecular flexibility index (Phi) is 6.80. The molecule has 0 spiro atoms. The van der Waals surface area contributed by atoms with Crippen molar-refractivity contribution in [2.75, 3.05) is 20.3 Å². The Bertz CT molecular complexity index is 1160. The number of hydrogen-bond donors (Lipinski definition) is 1. The van der Waals surface area contributed by atoms with Crippen molar-refractivity contribution in [3.05, 3.63) is 53.2 Å². The summed E-state index contributed by atoms with van der Waals surface area (Å²) in [6.45, 7) is 1.65. The second-order valence-electron chi connectivity index (χ2n) is 8.64. The number of rotatable bonds is 8. The van der Waals surface area contributed by atoms with Gasteiger partial charge in [-0.3, -0.25) is 4.99 Å². The van der Waals surface area contributed by atoms with E-state index in [1.807, 2.05) is 6.92 Å². The lowest BCUT2D eigenvalue weighted by Crippen LogP contribution is -2.37. The van der Waals surface area contributed by atoms with E-state index in [0.717, 1.165) is 18.8 Å². The van der Waals surface area contributed by atoms with E-state index in [0.29, 0.717) is 22.9 Å². The molecular weight excluding hydrogens is 491 g/mol. The molecular formula is C23H23F5N4O2S. The number of benzene rings is 1. The topological polar surface area (TPSA) is 82.6 Å². The fraction of sp³-hybridized carbons (Fsp3) is 0.435. The van der Waals surface area contributed by atoms with Gasteiger partial charge in [0.25, 0.3) is 0 Å². The van der Waals surface area contributed by atoms with Gasteiger partial charge in [0.2, 0.25) is 5.88 Å². The Morgan fingerprint density at radius 2 is 2.06 bits per heavy atom. The van der Waals surface area contributed by atoms with Crippen molar-refractivity contribution in [1.29, 1.82) is 0 Å². The molecule has 0 saturated heterocycles. The lowest BCUT2D eigenvalue weighted by molar-refractivity contribution is -0.139. The smallest absolute Gasteiger partial charge is 0.392 e. The number of fused-ring (bicyclic) bond motifs is 1. The summed E-state index contributed by atoms with van der Waals surface area (Å²) < 4.78 is 76.4. The average Bonchev–Trinajstić information content (AvgIpc) is 3.49. The SMILES string of the molecule is COC[C@]12CC1[C@@](C)(c1cc(/C=C(\F)c3cnc(OCCC(F)(F)F)cn3)ccc1F)N=C(N)S2. The Balaban J connectivity index is 1.54. The summed E-state index contributed by atoms with van der Waals surface area (Å²) in [6.07, 6.45) is -1.49. The summed E-state index contributed by atoms with van der Waals surface area (Å²) in [4.78, 5) is 12.2. The molecule has 1 fully saturated rings. The predicted molar refractivity (Wildman–Crippen MR) is 123 cm³/mol. The van der Waals surface area contributed by atoms with E-state index in [-0.39, 0.29) is 22.2 Å². The number of amidine groups is 1. The molecule has 0 amide bonds. The summed E-state index contributed by atoms with van der Waals surface area (Å²) in [5.41, 5.74) is 5.65. The number of nitrogens with zero attached hydrogens (tertiary/aromatic N) is 3. The van der Waals surface area contributed by atoms with Crippen LogP contribution in [-0.4, -0.2) is 46.4 Å². The van der Waals surface area contributed by atoms with Gasteiger partial charge in [0.1, 0.15) is 11.5 Å². The molecule has 3 atom stereocenters. The minimum absolute atomic E-state index is 0.00147. The minimum Gasteiger partial charge on any atom is -0.476 e. The summed E-state index contributed by atoms with van der Waals surface area (Å²) in [5.74, 6) is -1.39. The maximum atomic E-state index is 14.9. The van der Waals surface area contributed by atoms with Crippen molar-refractivity contribution in [3.63, 3.8) is 0 Å². The van der Waals surface area contributed by atoms with E-state index in [4.69, 9.17) is 15.2 Å². The number of nitrogens with two attached hydrogens (primary N) is 1. The molecule has 35 heavy (non-hydrogen) atoms. The Labute approximate surface area is 202 Å². The summed E-state index contributed by atoms with van der Waals surface area (Å²) >= 11 is 1.44. The molecule has 1 aromatic carbocycles. The van der Waals surface area contributed by atoms with Crippen LogP contribution in [-0.2, 0) is 10.3 Å². The molecule has 2 aliphatic rings. The van der Waals surface area contributed by atoms with Crippen LogP contribution in [0, 0.1) is 11.7 Å². The molecule has 2 heterocycles. The Hall–Kier alpha value is -2.73. The molecule has 1 aliphatic heterocycles. The molecule has 1 unspecified atom stereocenters. The van der Waals surface area contributed by atoms with Crippen LogP contribution < -0.4 is 10.5 Å². The van der Waals surface area contributed by atoms with E-state index in [1.165, 1.54) is 36.0 Å². The monoisotopic (exact) mass is 514 g/mol. The number of thioether (sulfide) groups is 1. The van der Waals surface area contributed by atoms with Crippen LogP contribution >= 0.6 is 11.8 Å². The standard InChI is InChI=1S/C23H23F5N4O2S/c1-21(18-9-22(18,12-33-2)35-20(29)32-21)14-7-13(3-4-15(14)24)8-16(25)17-10-31-19(11-30-17)34-6-5-23(26,27)28/h3-4,7-8,10-11,18H,5-6,9,12H2,1-2H3,(H2,29,32)/b16-8-/t18?,21-,22-/m1/s1. The molecule has 1 aliphatic carbocycles. The zero-order valence-electron chi connectivity index (χ0n) is 18.9.